The third kappa shape index (κ3) is 5.20. The van der Waals surface area contributed by atoms with Crippen molar-refractivity contribution < 1.29 is 13.9 Å². The minimum atomic E-state index is -0.852. The quantitative estimate of drug-likeness (QED) is 0.669. The van der Waals surface area contributed by atoms with Gasteiger partial charge >= 0.3 is 0 Å². The molecule has 1 amide bonds. The van der Waals surface area contributed by atoms with Crippen LogP contribution >= 0.6 is 11.6 Å². The minimum Gasteiger partial charge on any atom is -0.464 e. The fourth-order valence-electron chi connectivity index (χ4n) is 2.61. The smallest absolute Gasteiger partial charge is 0.271 e. The van der Waals surface area contributed by atoms with Crippen LogP contribution < -0.4 is 15.6 Å². The molecule has 6 nitrogen and oxygen atoms in total. The number of halogens is 2. The number of benzene rings is 2. The Morgan fingerprint density at radius 2 is 1.93 bits per heavy atom. The molecular weight excluding hydrogens is 397 g/mol. The number of carbonyl (C=O) groups excluding carboxylic acids is 1. The van der Waals surface area contributed by atoms with E-state index in [1.165, 1.54) is 28.9 Å². The molecule has 0 aliphatic heterocycles. The van der Waals surface area contributed by atoms with Crippen LogP contribution in [0.1, 0.15) is 18.1 Å². The van der Waals surface area contributed by atoms with Gasteiger partial charge in [0.05, 0.1) is 5.69 Å². The van der Waals surface area contributed by atoms with E-state index in [-0.39, 0.29) is 29.7 Å². The van der Waals surface area contributed by atoms with Gasteiger partial charge < -0.3 is 10.1 Å². The van der Waals surface area contributed by atoms with Crippen LogP contribution in [0.15, 0.2) is 59.4 Å². The fourth-order valence-corrected chi connectivity index (χ4v) is 2.78. The molecule has 0 saturated heterocycles. The van der Waals surface area contributed by atoms with E-state index in [9.17, 15) is 14.0 Å². The van der Waals surface area contributed by atoms with Gasteiger partial charge in [0, 0.05) is 23.7 Å². The van der Waals surface area contributed by atoms with Gasteiger partial charge in [0.2, 0.25) is 5.88 Å². The summed E-state index contributed by atoms with van der Waals surface area (Å²) in [6.45, 7) is 3.64. The summed E-state index contributed by atoms with van der Waals surface area (Å²) in [7, 11) is 0. The monoisotopic (exact) mass is 415 g/mol. The van der Waals surface area contributed by atoms with Crippen molar-refractivity contribution in [3.05, 3.63) is 86.9 Å². The van der Waals surface area contributed by atoms with Gasteiger partial charge in [-0.15, -0.1) is 5.10 Å². The lowest BCUT2D eigenvalue weighted by molar-refractivity contribution is -0.127. The van der Waals surface area contributed by atoms with Crippen molar-refractivity contribution in [3.63, 3.8) is 0 Å². The number of rotatable bonds is 6. The lowest BCUT2D eigenvalue weighted by Crippen LogP contribution is -2.36. The molecule has 8 heteroatoms. The summed E-state index contributed by atoms with van der Waals surface area (Å²) < 4.78 is 19.7. The van der Waals surface area contributed by atoms with Crippen molar-refractivity contribution in [1.82, 2.24) is 15.1 Å². The van der Waals surface area contributed by atoms with Crippen molar-refractivity contribution >= 4 is 17.5 Å². The van der Waals surface area contributed by atoms with Crippen LogP contribution in [0.4, 0.5) is 4.39 Å². The lowest BCUT2D eigenvalue weighted by atomic mass is 10.2. The SMILES string of the molecule is Cc1ccc(Cl)cc1-n1nc(O[C@H](C)C(=O)NCc2ccc(F)cc2)ccc1=O. The average molecular weight is 416 g/mol. The Morgan fingerprint density at radius 1 is 1.21 bits per heavy atom. The molecule has 3 rings (SSSR count). The first-order chi connectivity index (χ1) is 13.8. The van der Waals surface area contributed by atoms with Gasteiger partial charge in [-0.05, 0) is 49.2 Å². The molecule has 1 aromatic heterocycles. The predicted octanol–water partition coefficient (Wildman–Crippen LogP) is 3.42. The zero-order chi connectivity index (χ0) is 21.0. The first-order valence-corrected chi connectivity index (χ1v) is 9.27. The molecule has 0 aliphatic carbocycles. The Labute approximate surface area is 171 Å². The van der Waals surface area contributed by atoms with Crippen LogP contribution in [0.5, 0.6) is 5.88 Å². The number of carbonyl (C=O) groups is 1. The Balaban J connectivity index is 1.71. The zero-order valence-electron chi connectivity index (χ0n) is 15.9. The molecule has 0 fully saturated rings. The van der Waals surface area contributed by atoms with E-state index in [4.69, 9.17) is 16.3 Å². The average Bonchev–Trinajstić information content (AvgIpc) is 2.70. The summed E-state index contributed by atoms with van der Waals surface area (Å²) in [5.74, 6) is -0.589. The second-order valence-electron chi connectivity index (χ2n) is 6.46. The molecule has 3 aromatic rings. The van der Waals surface area contributed by atoms with Crippen LogP contribution in [-0.2, 0) is 11.3 Å². The number of amides is 1. The fraction of sp³-hybridized carbons (Fsp3) is 0.190. The molecule has 29 heavy (non-hydrogen) atoms. The van der Waals surface area contributed by atoms with Crippen LogP contribution in [0.3, 0.4) is 0 Å². The van der Waals surface area contributed by atoms with Crippen molar-refractivity contribution in [2.75, 3.05) is 0 Å². The zero-order valence-corrected chi connectivity index (χ0v) is 16.6. The summed E-state index contributed by atoms with van der Waals surface area (Å²) in [4.78, 5) is 24.5. The molecule has 0 radical (unpaired) electrons. The molecule has 0 spiro atoms. The Kier molecular flexibility index (Phi) is 6.29. The number of aryl methyl sites for hydroxylation is 1. The van der Waals surface area contributed by atoms with Crippen LogP contribution in [0.25, 0.3) is 5.69 Å². The van der Waals surface area contributed by atoms with Gasteiger partial charge in [-0.25, -0.2) is 4.39 Å². The Hall–Kier alpha value is -3.19. The second-order valence-corrected chi connectivity index (χ2v) is 6.89. The highest BCUT2D eigenvalue weighted by Gasteiger charge is 2.16. The van der Waals surface area contributed by atoms with Gasteiger partial charge in [0.1, 0.15) is 5.82 Å². The highest BCUT2D eigenvalue weighted by atomic mass is 35.5. The van der Waals surface area contributed by atoms with E-state index < -0.39 is 6.10 Å². The van der Waals surface area contributed by atoms with E-state index in [2.05, 4.69) is 10.4 Å². The van der Waals surface area contributed by atoms with Crippen molar-refractivity contribution in [2.45, 2.75) is 26.5 Å². The first kappa shape index (κ1) is 20.5. The van der Waals surface area contributed by atoms with E-state index in [1.54, 1.807) is 37.3 Å². The molecular formula is C21H19ClFN3O3. The van der Waals surface area contributed by atoms with Crippen LogP contribution in [0, 0.1) is 12.7 Å². The molecule has 0 unspecified atom stereocenters. The van der Waals surface area contributed by atoms with Gasteiger partial charge in [-0.2, -0.15) is 4.68 Å². The molecule has 0 saturated carbocycles. The highest BCUT2D eigenvalue weighted by Crippen LogP contribution is 2.18. The van der Waals surface area contributed by atoms with Gasteiger partial charge in [-0.3, -0.25) is 9.59 Å². The molecule has 1 heterocycles. The maximum Gasteiger partial charge on any atom is 0.271 e. The lowest BCUT2D eigenvalue weighted by Gasteiger charge is -2.15. The standard InChI is InChI=1S/C21H19ClFN3O3/c1-13-3-6-16(22)11-18(13)26-20(27)10-9-19(25-26)29-14(2)21(28)24-12-15-4-7-17(23)8-5-15/h3-11,14H,12H2,1-2H3,(H,24,28)/t14-/m1/s1. The van der Waals surface area contributed by atoms with Crippen molar-refractivity contribution in [2.24, 2.45) is 0 Å². The first-order valence-electron chi connectivity index (χ1n) is 8.89. The number of nitrogens with one attached hydrogen (secondary N) is 1. The topological polar surface area (TPSA) is 73.2 Å². The molecule has 1 N–H and O–H groups in total. The van der Waals surface area contributed by atoms with E-state index in [0.29, 0.717) is 10.7 Å². The predicted molar refractivity (Wildman–Crippen MR) is 108 cm³/mol. The molecule has 2 aromatic carbocycles. The Bertz CT molecular complexity index is 1080. The van der Waals surface area contributed by atoms with Gasteiger partial charge in [0.15, 0.2) is 6.10 Å². The van der Waals surface area contributed by atoms with E-state index in [0.717, 1.165) is 11.1 Å². The molecule has 0 bridgehead atoms. The maximum absolute atomic E-state index is 12.9. The summed E-state index contributed by atoms with van der Waals surface area (Å²) in [5.41, 5.74) is 1.75. The van der Waals surface area contributed by atoms with E-state index >= 15 is 0 Å². The third-order valence-corrected chi connectivity index (χ3v) is 4.46. The highest BCUT2D eigenvalue weighted by molar-refractivity contribution is 6.30. The van der Waals surface area contributed by atoms with E-state index in [1.807, 2.05) is 6.92 Å². The molecule has 1 atom stereocenters. The number of hydrogen-bond acceptors (Lipinski definition) is 4. The number of ether oxygens (including phenoxy) is 1. The summed E-state index contributed by atoms with van der Waals surface area (Å²) in [6.07, 6.45) is -0.852. The van der Waals surface area contributed by atoms with Crippen LogP contribution in [0.2, 0.25) is 5.02 Å². The summed E-state index contributed by atoms with van der Waals surface area (Å²) in [6, 6.07) is 13.7. The third-order valence-electron chi connectivity index (χ3n) is 4.22. The van der Waals surface area contributed by atoms with Crippen molar-refractivity contribution in [1.29, 1.82) is 0 Å². The van der Waals surface area contributed by atoms with Crippen LogP contribution in [-0.4, -0.2) is 21.8 Å². The summed E-state index contributed by atoms with van der Waals surface area (Å²) >= 11 is 6.03. The summed E-state index contributed by atoms with van der Waals surface area (Å²) in [5, 5.41) is 7.38. The number of nitrogens with zero attached hydrogens (tertiary/aromatic N) is 2. The number of aromatic nitrogens is 2. The normalized spacial score (nSPS) is 11.7. The van der Waals surface area contributed by atoms with Crippen molar-refractivity contribution in [3.8, 4) is 11.6 Å². The second kappa shape index (κ2) is 8.87. The van der Waals surface area contributed by atoms with Gasteiger partial charge in [0.25, 0.3) is 11.5 Å². The minimum absolute atomic E-state index is 0.119. The maximum atomic E-state index is 12.9. The largest absolute Gasteiger partial charge is 0.464 e. The number of hydrogen-bond donors (Lipinski definition) is 1. The molecule has 150 valence electrons. The van der Waals surface area contributed by atoms with Gasteiger partial charge in [-0.1, -0.05) is 29.8 Å². The Morgan fingerprint density at radius 3 is 2.66 bits per heavy atom. The molecule has 0 aliphatic rings.